The fourth-order valence-electron chi connectivity index (χ4n) is 4.61. The van der Waals surface area contributed by atoms with E-state index < -0.39 is 5.97 Å². The van der Waals surface area contributed by atoms with Gasteiger partial charge in [0.2, 0.25) is 5.91 Å². The van der Waals surface area contributed by atoms with Crippen molar-refractivity contribution in [2.24, 2.45) is 5.92 Å². The molecule has 1 aliphatic rings. The number of rotatable bonds is 10. The molecule has 0 spiro atoms. The van der Waals surface area contributed by atoms with Crippen LogP contribution in [0.15, 0.2) is 42.5 Å². The number of amides is 1. The summed E-state index contributed by atoms with van der Waals surface area (Å²) in [6.45, 7) is 6.64. The van der Waals surface area contributed by atoms with E-state index in [9.17, 15) is 14.7 Å². The highest BCUT2D eigenvalue weighted by Gasteiger charge is 2.23. The number of benzene rings is 2. The van der Waals surface area contributed by atoms with Gasteiger partial charge in [-0.05, 0) is 60.4 Å². The molecule has 0 saturated carbocycles. The molecule has 6 heteroatoms. The van der Waals surface area contributed by atoms with E-state index in [1.807, 2.05) is 6.07 Å². The number of carbonyl (C=O) groups is 2. The molecule has 1 unspecified atom stereocenters. The average molecular weight is 453 g/mol. The van der Waals surface area contributed by atoms with Gasteiger partial charge in [0.1, 0.15) is 0 Å². The number of carbonyl (C=O) groups excluding carboxylic acids is 1. The Bertz CT molecular complexity index is 951. The lowest BCUT2D eigenvalue weighted by atomic mass is 9.94. The standard InChI is InChI=1S/C27H36N2O4/c1-19(2)15-24(23-9-5-6-10-25(23)29-13-7-4-8-14-29)28-26(30)17-20-11-12-22(27(31)32)21(16-20)18-33-3/h5-6,9-12,16,19,24H,4,7-8,13-15,17-18H2,1-3H3,(H,28,30)(H,31,32). The Hall–Kier alpha value is -2.86. The van der Waals surface area contributed by atoms with Crippen molar-refractivity contribution >= 4 is 17.6 Å². The maximum absolute atomic E-state index is 13.1. The lowest BCUT2D eigenvalue weighted by molar-refractivity contribution is -0.121. The van der Waals surface area contributed by atoms with Crippen LogP contribution in [0.25, 0.3) is 0 Å². The molecule has 33 heavy (non-hydrogen) atoms. The zero-order chi connectivity index (χ0) is 23.8. The lowest BCUT2D eigenvalue weighted by Gasteiger charge is -2.33. The number of carboxylic acid groups (broad SMARTS) is 1. The number of para-hydroxylation sites is 1. The predicted molar refractivity (Wildman–Crippen MR) is 131 cm³/mol. The molecule has 2 N–H and O–H groups in total. The fourth-order valence-corrected chi connectivity index (χ4v) is 4.61. The SMILES string of the molecule is COCc1cc(CC(=O)NC(CC(C)C)c2ccccc2N2CCCCC2)ccc1C(=O)O. The van der Waals surface area contributed by atoms with E-state index >= 15 is 0 Å². The minimum absolute atomic E-state index is 0.0689. The van der Waals surface area contributed by atoms with Crippen LogP contribution in [0.1, 0.15) is 72.6 Å². The topological polar surface area (TPSA) is 78.9 Å². The Morgan fingerprint density at radius 2 is 1.82 bits per heavy atom. The third-order valence-electron chi connectivity index (χ3n) is 6.12. The second kappa shape index (κ2) is 11.8. The Labute approximate surface area is 196 Å². The van der Waals surface area contributed by atoms with Gasteiger partial charge in [-0.15, -0.1) is 0 Å². The summed E-state index contributed by atoms with van der Waals surface area (Å²) >= 11 is 0. The van der Waals surface area contributed by atoms with Gasteiger partial charge in [-0.2, -0.15) is 0 Å². The van der Waals surface area contributed by atoms with Crippen LogP contribution in [0.4, 0.5) is 5.69 Å². The molecule has 0 bridgehead atoms. The maximum Gasteiger partial charge on any atom is 0.336 e. The molecular formula is C27H36N2O4. The van der Waals surface area contributed by atoms with Crippen LogP contribution in [0, 0.1) is 5.92 Å². The van der Waals surface area contributed by atoms with E-state index in [2.05, 4.69) is 42.3 Å². The van der Waals surface area contributed by atoms with Crippen LogP contribution in [0.5, 0.6) is 0 Å². The summed E-state index contributed by atoms with van der Waals surface area (Å²) in [7, 11) is 1.53. The quantitative estimate of drug-likeness (QED) is 0.532. The molecule has 0 radical (unpaired) electrons. The van der Waals surface area contributed by atoms with Crippen LogP contribution in [0.2, 0.25) is 0 Å². The first-order valence-corrected chi connectivity index (χ1v) is 11.9. The summed E-state index contributed by atoms with van der Waals surface area (Å²) < 4.78 is 5.15. The summed E-state index contributed by atoms with van der Waals surface area (Å²) in [5.41, 5.74) is 3.94. The number of piperidine rings is 1. The van der Waals surface area contributed by atoms with Crippen molar-refractivity contribution in [2.45, 2.75) is 58.6 Å². The number of hydrogen-bond acceptors (Lipinski definition) is 4. The first kappa shape index (κ1) is 24.8. The maximum atomic E-state index is 13.1. The molecule has 1 saturated heterocycles. The number of ether oxygens (including phenoxy) is 1. The first-order chi connectivity index (χ1) is 15.9. The van der Waals surface area contributed by atoms with Gasteiger partial charge in [-0.25, -0.2) is 4.79 Å². The van der Waals surface area contributed by atoms with Crippen molar-refractivity contribution in [1.82, 2.24) is 5.32 Å². The minimum Gasteiger partial charge on any atom is -0.478 e. The van der Waals surface area contributed by atoms with Gasteiger partial charge in [0.25, 0.3) is 0 Å². The van der Waals surface area contributed by atoms with Crippen molar-refractivity contribution in [3.8, 4) is 0 Å². The number of anilines is 1. The smallest absolute Gasteiger partial charge is 0.336 e. The zero-order valence-electron chi connectivity index (χ0n) is 20.0. The molecule has 0 aliphatic carbocycles. The fraction of sp³-hybridized carbons (Fsp3) is 0.481. The monoisotopic (exact) mass is 452 g/mol. The summed E-state index contributed by atoms with van der Waals surface area (Å²) in [5, 5.41) is 12.7. The lowest BCUT2D eigenvalue weighted by Crippen LogP contribution is -2.34. The summed E-state index contributed by atoms with van der Waals surface area (Å²) in [4.78, 5) is 27.0. The number of methoxy groups -OCH3 is 1. The molecule has 2 aromatic rings. The summed E-state index contributed by atoms with van der Waals surface area (Å²) in [6, 6.07) is 13.4. The molecule has 0 aromatic heterocycles. The van der Waals surface area contributed by atoms with Crippen LogP contribution in [-0.4, -0.2) is 37.2 Å². The number of carboxylic acids is 1. The summed E-state index contributed by atoms with van der Waals surface area (Å²) in [6.07, 6.45) is 4.72. The second-order valence-electron chi connectivity index (χ2n) is 9.26. The summed E-state index contributed by atoms with van der Waals surface area (Å²) in [5.74, 6) is -0.641. The first-order valence-electron chi connectivity index (χ1n) is 11.9. The van der Waals surface area contributed by atoms with Gasteiger partial charge in [-0.3, -0.25) is 4.79 Å². The average Bonchev–Trinajstić information content (AvgIpc) is 2.79. The Kier molecular flexibility index (Phi) is 8.89. The number of hydrogen-bond donors (Lipinski definition) is 2. The van der Waals surface area contributed by atoms with E-state index in [0.29, 0.717) is 11.5 Å². The van der Waals surface area contributed by atoms with Crippen molar-refractivity contribution in [3.63, 3.8) is 0 Å². The van der Waals surface area contributed by atoms with Crippen molar-refractivity contribution in [2.75, 3.05) is 25.1 Å². The second-order valence-corrected chi connectivity index (χ2v) is 9.26. The zero-order valence-corrected chi connectivity index (χ0v) is 20.0. The third-order valence-corrected chi connectivity index (χ3v) is 6.12. The molecule has 1 aliphatic heterocycles. The minimum atomic E-state index is -0.996. The molecule has 6 nitrogen and oxygen atoms in total. The van der Waals surface area contributed by atoms with E-state index in [1.54, 1.807) is 18.2 Å². The molecule has 2 aromatic carbocycles. The number of aromatic carboxylic acids is 1. The molecular weight excluding hydrogens is 416 g/mol. The van der Waals surface area contributed by atoms with Crippen LogP contribution in [-0.2, 0) is 22.6 Å². The predicted octanol–water partition coefficient (Wildman–Crippen LogP) is 4.97. The number of nitrogens with zero attached hydrogens (tertiary/aromatic N) is 1. The normalized spacial score (nSPS) is 14.8. The largest absolute Gasteiger partial charge is 0.478 e. The van der Waals surface area contributed by atoms with Crippen molar-refractivity contribution in [3.05, 3.63) is 64.7 Å². The van der Waals surface area contributed by atoms with Crippen LogP contribution < -0.4 is 10.2 Å². The van der Waals surface area contributed by atoms with E-state index in [1.165, 1.54) is 37.6 Å². The van der Waals surface area contributed by atoms with E-state index in [0.717, 1.165) is 25.1 Å². The van der Waals surface area contributed by atoms with Gasteiger partial charge < -0.3 is 20.1 Å². The third kappa shape index (κ3) is 6.81. The van der Waals surface area contributed by atoms with Gasteiger partial charge in [0.05, 0.1) is 24.6 Å². The molecule has 1 amide bonds. The van der Waals surface area contributed by atoms with Gasteiger partial charge in [0.15, 0.2) is 0 Å². The van der Waals surface area contributed by atoms with Crippen molar-refractivity contribution in [1.29, 1.82) is 0 Å². The Morgan fingerprint density at radius 1 is 1.09 bits per heavy atom. The van der Waals surface area contributed by atoms with Gasteiger partial charge in [0, 0.05) is 25.9 Å². The van der Waals surface area contributed by atoms with Gasteiger partial charge >= 0.3 is 5.97 Å². The highest BCUT2D eigenvalue weighted by atomic mass is 16.5. The molecule has 1 fully saturated rings. The van der Waals surface area contributed by atoms with E-state index in [-0.39, 0.29) is 30.5 Å². The molecule has 3 rings (SSSR count). The number of nitrogens with one attached hydrogen (secondary N) is 1. The van der Waals surface area contributed by atoms with Crippen LogP contribution >= 0.6 is 0 Å². The molecule has 178 valence electrons. The molecule has 1 atom stereocenters. The van der Waals surface area contributed by atoms with E-state index in [4.69, 9.17) is 4.74 Å². The van der Waals surface area contributed by atoms with Gasteiger partial charge in [-0.1, -0.05) is 44.2 Å². The Morgan fingerprint density at radius 3 is 2.48 bits per heavy atom. The van der Waals surface area contributed by atoms with Crippen LogP contribution in [0.3, 0.4) is 0 Å². The Balaban J connectivity index is 1.80. The highest BCUT2D eigenvalue weighted by molar-refractivity contribution is 5.89. The van der Waals surface area contributed by atoms with Crippen molar-refractivity contribution < 1.29 is 19.4 Å². The highest BCUT2D eigenvalue weighted by Crippen LogP contribution is 2.32. The molecule has 1 heterocycles.